The maximum atomic E-state index is 12.4. The number of amides is 2. The van der Waals surface area contributed by atoms with Crippen molar-refractivity contribution in [2.45, 2.75) is 4.90 Å². The minimum absolute atomic E-state index is 0.0518. The summed E-state index contributed by atoms with van der Waals surface area (Å²) in [6.45, 7) is -0.834. The van der Waals surface area contributed by atoms with Crippen molar-refractivity contribution < 1.29 is 22.7 Å². The lowest BCUT2D eigenvalue weighted by Crippen LogP contribution is -2.53. The number of hydrogen-bond acceptors (Lipinski definition) is 5. The van der Waals surface area contributed by atoms with Gasteiger partial charge in [-0.15, -0.1) is 0 Å². The summed E-state index contributed by atoms with van der Waals surface area (Å²) in [6.07, 6.45) is 0. The summed E-state index contributed by atoms with van der Waals surface area (Å²) in [6, 6.07) is 4.01. The second-order valence-electron chi connectivity index (χ2n) is 4.04. The van der Waals surface area contributed by atoms with E-state index < -0.39 is 34.9 Å². The second-order valence-corrected chi connectivity index (χ2v) is 6.38. The van der Waals surface area contributed by atoms with Crippen LogP contribution in [0, 0.1) is 0 Å². The fraction of sp³-hybridized carbons (Fsp3) is 0.273. The molecule has 7 nitrogen and oxygen atoms in total. The highest BCUT2D eigenvalue weighted by Crippen LogP contribution is 2.29. The third-order valence-electron chi connectivity index (χ3n) is 2.66. The number of methoxy groups -OCH3 is 1. The number of carbonyl (C=O) groups is 2. The zero-order valence-electron chi connectivity index (χ0n) is 10.4. The van der Waals surface area contributed by atoms with Gasteiger partial charge in [-0.1, -0.05) is 11.6 Å². The van der Waals surface area contributed by atoms with Gasteiger partial charge in [0, 0.05) is 11.1 Å². The van der Waals surface area contributed by atoms with Crippen LogP contribution in [0.3, 0.4) is 0 Å². The minimum Gasteiger partial charge on any atom is -0.495 e. The van der Waals surface area contributed by atoms with E-state index in [4.69, 9.17) is 16.3 Å². The fourth-order valence-corrected chi connectivity index (χ4v) is 3.43. The van der Waals surface area contributed by atoms with Gasteiger partial charge in [-0.05, 0) is 12.1 Å². The van der Waals surface area contributed by atoms with Gasteiger partial charge in [-0.2, -0.15) is 4.31 Å². The number of nitrogens with one attached hydrogen (secondary N) is 1. The molecule has 1 aromatic carbocycles. The lowest BCUT2D eigenvalue weighted by Gasteiger charge is -2.25. The number of nitrogens with zero attached hydrogens (tertiary/aromatic N) is 1. The molecular formula is C11H11ClN2O5S. The van der Waals surface area contributed by atoms with Gasteiger partial charge in [0.05, 0.1) is 20.2 Å². The maximum absolute atomic E-state index is 12.4. The first kappa shape index (κ1) is 14.8. The van der Waals surface area contributed by atoms with Gasteiger partial charge in [-0.25, -0.2) is 8.42 Å². The molecule has 1 heterocycles. The van der Waals surface area contributed by atoms with Crippen LogP contribution in [0.25, 0.3) is 0 Å². The number of ether oxygens (including phenoxy) is 1. The summed E-state index contributed by atoms with van der Waals surface area (Å²) in [4.78, 5) is 22.4. The SMILES string of the molecule is COc1cc(Cl)ccc1S(=O)(=O)N1CC(=O)NC(=O)C1. The van der Waals surface area contributed by atoms with Crippen molar-refractivity contribution in [2.75, 3.05) is 20.2 Å². The van der Waals surface area contributed by atoms with Crippen molar-refractivity contribution in [2.24, 2.45) is 0 Å². The third-order valence-corrected chi connectivity index (χ3v) is 4.73. The van der Waals surface area contributed by atoms with Gasteiger partial charge < -0.3 is 4.74 Å². The molecule has 20 heavy (non-hydrogen) atoms. The first-order valence-electron chi connectivity index (χ1n) is 5.51. The van der Waals surface area contributed by atoms with Crippen LogP contribution in [0.1, 0.15) is 0 Å². The molecule has 0 atom stereocenters. The molecule has 1 aliphatic heterocycles. The van der Waals surface area contributed by atoms with Crippen LogP contribution in [0.4, 0.5) is 0 Å². The van der Waals surface area contributed by atoms with Crippen LogP contribution >= 0.6 is 11.6 Å². The van der Waals surface area contributed by atoms with Crippen molar-refractivity contribution in [1.82, 2.24) is 9.62 Å². The van der Waals surface area contributed by atoms with Crippen molar-refractivity contribution in [3.63, 3.8) is 0 Å². The van der Waals surface area contributed by atoms with E-state index in [1.807, 2.05) is 5.32 Å². The van der Waals surface area contributed by atoms with Crippen molar-refractivity contribution in [1.29, 1.82) is 0 Å². The topological polar surface area (TPSA) is 92.8 Å². The predicted molar refractivity (Wildman–Crippen MR) is 69.9 cm³/mol. The van der Waals surface area contributed by atoms with E-state index >= 15 is 0 Å². The van der Waals surface area contributed by atoms with Gasteiger partial charge in [0.15, 0.2) is 0 Å². The minimum atomic E-state index is -4.02. The van der Waals surface area contributed by atoms with Gasteiger partial charge in [0.25, 0.3) is 0 Å². The highest BCUT2D eigenvalue weighted by molar-refractivity contribution is 7.89. The zero-order valence-corrected chi connectivity index (χ0v) is 12.0. The van der Waals surface area contributed by atoms with Crippen LogP contribution < -0.4 is 10.1 Å². The zero-order chi connectivity index (χ0) is 14.9. The smallest absolute Gasteiger partial charge is 0.247 e. The first-order chi connectivity index (χ1) is 9.34. The number of imide groups is 1. The molecule has 1 aromatic rings. The maximum Gasteiger partial charge on any atom is 0.247 e. The number of halogens is 1. The van der Waals surface area contributed by atoms with Gasteiger partial charge >= 0.3 is 0 Å². The van der Waals surface area contributed by atoms with Gasteiger partial charge in [0.1, 0.15) is 10.6 Å². The Labute approximate surface area is 120 Å². The van der Waals surface area contributed by atoms with Gasteiger partial charge in [-0.3, -0.25) is 14.9 Å². The number of benzene rings is 1. The highest BCUT2D eigenvalue weighted by atomic mass is 35.5. The summed E-state index contributed by atoms with van der Waals surface area (Å²) in [5.41, 5.74) is 0. The summed E-state index contributed by atoms with van der Waals surface area (Å²) in [5.74, 6) is -1.29. The Bertz CT molecular complexity index is 657. The molecule has 0 unspecified atom stereocenters. The Hall–Kier alpha value is -1.64. The molecule has 1 N–H and O–H groups in total. The summed E-state index contributed by atoms with van der Waals surface area (Å²) >= 11 is 5.77. The summed E-state index contributed by atoms with van der Waals surface area (Å²) in [5, 5.41) is 2.35. The normalized spacial score (nSPS) is 16.9. The fourth-order valence-electron chi connectivity index (χ4n) is 1.77. The molecule has 108 valence electrons. The molecule has 0 aromatic heterocycles. The Morgan fingerprint density at radius 2 is 1.85 bits per heavy atom. The Morgan fingerprint density at radius 3 is 2.40 bits per heavy atom. The molecule has 2 amide bonds. The number of hydrogen-bond donors (Lipinski definition) is 1. The molecule has 1 fully saturated rings. The monoisotopic (exact) mass is 318 g/mol. The number of carbonyl (C=O) groups excluding carboxylic acids is 2. The van der Waals surface area contributed by atoms with Crippen LogP contribution in [-0.2, 0) is 19.6 Å². The molecule has 0 bridgehead atoms. The average Bonchev–Trinajstić information content (AvgIpc) is 2.37. The summed E-state index contributed by atoms with van der Waals surface area (Å²) in [7, 11) is -2.72. The van der Waals surface area contributed by atoms with Crippen LogP contribution in [-0.4, -0.2) is 44.7 Å². The number of sulfonamides is 1. The van der Waals surface area contributed by atoms with Crippen molar-refractivity contribution in [3.05, 3.63) is 23.2 Å². The van der Waals surface area contributed by atoms with Crippen LogP contribution in [0.15, 0.2) is 23.1 Å². The Balaban J connectivity index is 2.45. The molecule has 1 aliphatic rings. The Kier molecular flexibility index (Phi) is 3.98. The summed E-state index contributed by atoms with van der Waals surface area (Å²) < 4.78 is 30.7. The lowest BCUT2D eigenvalue weighted by molar-refractivity contribution is -0.134. The molecule has 0 saturated carbocycles. The molecule has 2 rings (SSSR count). The standard InChI is InChI=1S/C11H11ClN2O5S/c1-19-8-4-7(12)2-3-9(8)20(17,18)14-5-10(15)13-11(16)6-14/h2-4H,5-6H2,1H3,(H,13,15,16). The Morgan fingerprint density at radius 1 is 1.25 bits per heavy atom. The van der Waals surface area contributed by atoms with E-state index in [1.54, 1.807) is 0 Å². The number of piperazine rings is 1. The average molecular weight is 319 g/mol. The molecule has 0 spiro atoms. The van der Waals surface area contributed by atoms with Crippen molar-refractivity contribution in [3.8, 4) is 5.75 Å². The molecular weight excluding hydrogens is 308 g/mol. The molecule has 9 heteroatoms. The molecule has 0 radical (unpaired) electrons. The van der Waals surface area contributed by atoms with E-state index in [2.05, 4.69) is 0 Å². The van der Waals surface area contributed by atoms with E-state index in [0.717, 1.165) is 4.31 Å². The molecule has 1 saturated heterocycles. The highest BCUT2D eigenvalue weighted by Gasteiger charge is 2.34. The largest absolute Gasteiger partial charge is 0.495 e. The second kappa shape index (κ2) is 5.39. The predicted octanol–water partition coefficient (Wildman–Crippen LogP) is -0.00430. The van der Waals surface area contributed by atoms with E-state index in [1.165, 1.54) is 25.3 Å². The van der Waals surface area contributed by atoms with Crippen LogP contribution in [0.5, 0.6) is 5.75 Å². The van der Waals surface area contributed by atoms with E-state index in [-0.39, 0.29) is 10.6 Å². The third kappa shape index (κ3) is 2.77. The number of rotatable bonds is 3. The molecule has 0 aliphatic carbocycles. The van der Waals surface area contributed by atoms with Gasteiger partial charge in [0.2, 0.25) is 21.8 Å². The van der Waals surface area contributed by atoms with Crippen LogP contribution in [0.2, 0.25) is 5.02 Å². The quantitative estimate of drug-likeness (QED) is 0.792. The first-order valence-corrected chi connectivity index (χ1v) is 7.33. The van der Waals surface area contributed by atoms with E-state index in [0.29, 0.717) is 5.02 Å². The lowest BCUT2D eigenvalue weighted by atomic mass is 10.3. The van der Waals surface area contributed by atoms with E-state index in [9.17, 15) is 18.0 Å². The van der Waals surface area contributed by atoms with Crippen molar-refractivity contribution >= 4 is 33.4 Å².